The summed E-state index contributed by atoms with van der Waals surface area (Å²) in [6.45, 7) is 3.45. The Balaban J connectivity index is 1.57. The van der Waals surface area contributed by atoms with Crippen molar-refractivity contribution in [3.8, 4) is 11.5 Å². The second-order valence-corrected chi connectivity index (χ2v) is 8.19. The van der Waals surface area contributed by atoms with Crippen LogP contribution in [0.5, 0.6) is 11.5 Å². The lowest BCUT2D eigenvalue weighted by molar-refractivity contribution is 0.102. The van der Waals surface area contributed by atoms with E-state index in [0.717, 1.165) is 0 Å². The van der Waals surface area contributed by atoms with Gasteiger partial charge in [-0.3, -0.25) is 14.4 Å². The maximum absolute atomic E-state index is 12.9. The van der Waals surface area contributed by atoms with Crippen molar-refractivity contribution in [3.05, 3.63) is 122 Å². The van der Waals surface area contributed by atoms with E-state index in [1.165, 1.54) is 0 Å². The Bertz CT molecular complexity index is 1430. The lowest BCUT2D eigenvalue weighted by Crippen LogP contribution is -2.25. The van der Waals surface area contributed by atoms with E-state index in [4.69, 9.17) is 16.3 Å². The average molecular weight is 473 g/mol. The Morgan fingerprint density at radius 2 is 1.56 bits per heavy atom. The van der Waals surface area contributed by atoms with Gasteiger partial charge >= 0.3 is 0 Å². The fraction of sp³-hybridized carbons (Fsp3) is 0.0741. The molecule has 1 amide bonds. The van der Waals surface area contributed by atoms with Crippen molar-refractivity contribution >= 4 is 29.0 Å². The topological polar surface area (TPSA) is 88.3 Å². The Hall–Kier alpha value is -4.16. The van der Waals surface area contributed by atoms with Gasteiger partial charge in [-0.2, -0.15) is 0 Å². The van der Waals surface area contributed by atoms with Gasteiger partial charge in [0.2, 0.25) is 0 Å². The minimum absolute atomic E-state index is 0.0142. The molecule has 1 heterocycles. The number of H-pyrrole nitrogens is 1. The fourth-order valence-corrected chi connectivity index (χ4v) is 3.74. The second-order valence-electron chi connectivity index (χ2n) is 7.76. The number of ketones is 1. The largest absolute Gasteiger partial charge is 0.455 e. The lowest BCUT2D eigenvalue weighted by atomic mass is 10.0. The minimum Gasteiger partial charge on any atom is -0.455 e. The molecule has 170 valence electrons. The van der Waals surface area contributed by atoms with E-state index >= 15 is 0 Å². The third-order valence-electron chi connectivity index (χ3n) is 5.16. The smallest absolute Gasteiger partial charge is 0.261 e. The van der Waals surface area contributed by atoms with Gasteiger partial charge in [-0.05, 0) is 67.9 Å². The number of hydrogen-bond acceptors (Lipinski definition) is 4. The molecule has 0 saturated carbocycles. The molecule has 2 N–H and O–H groups in total. The molecular weight excluding hydrogens is 452 g/mol. The molecule has 0 radical (unpaired) electrons. The summed E-state index contributed by atoms with van der Waals surface area (Å²) < 4.78 is 5.95. The highest BCUT2D eigenvalue weighted by Crippen LogP contribution is 2.32. The molecule has 0 aliphatic heterocycles. The van der Waals surface area contributed by atoms with Crippen molar-refractivity contribution in [2.24, 2.45) is 0 Å². The molecular formula is C27H21ClN2O4. The first-order valence-electron chi connectivity index (χ1n) is 10.5. The van der Waals surface area contributed by atoms with E-state index in [-0.39, 0.29) is 11.3 Å². The van der Waals surface area contributed by atoms with Gasteiger partial charge in [0.25, 0.3) is 11.5 Å². The number of pyridine rings is 1. The van der Waals surface area contributed by atoms with Crippen LogP contribution in [0.15, 0.2) is 83.7 Å². The van der Waals surface area contributed by atoms with Gasteiger partial charge in [0, 0.05) is 21.8 Å². The van der Waals surface area contributed by atoms with Crippen LogP contribution in [0.25, 0.3) is 0 Å². The molecule has 1 aromatic heterocycles. The normalized spacial score (nSPS) is 10.6. The molecule has 0 aliphatic carbocycles. The number of carbonyl (C=O) groups is 2. The van der Waals surface area contributed by atoms with E-state index in [0.29, 0.717) is 44.6 Å². The van der Waals surface area contributed by atoms with Crippen LogP contribution in [0.1, 0.15) is 37.5 Å². The predicted octanol–water partition coefficient (Wildman–Crippen LogP) is 5.92. The molecule has 0 aliphatic rings. The number of ether oxygens (including phenoxy) is 1. The first-order chi connectivity index (χ1) is 16.3. The van der Waals surface area contributed by atoms with E-state index in [1.807, 2.05) is 18.2 Å². The summed E-state index contributed by atoms with van der Waals surface area (Å²) in [5.74, 6) is 0.132. The molecule has 0 atom stereocenters. The number of carbonyl (C=O) groups excluding carboxylic acids is 2. The summed E-state index contributed by atoms with van der Waals surface area (Å²) in [5, 5.41) is 3.11. The van der Waals surface area contributed by atoms with Crippen LogP contribution in [0.3, 0.4) is 0 Å². The Kier molecular flexibility index (Phi) is 6.61. The van der Waals surface area contributed by atoms with Crippen molar-refractivity contribution in [2.75, 3.05) is 5.32 Å². The maximum Gasteiger partial charge on any atom is 0.261 e. The van der Waals surface area contributed by atoms with E-state index in [1.54, 1.807) is 74.5 Å². The molecule has 0 bridgehead atoms. The molecule has 3 aromatic carbocycles. The van der Waals surface area contributed by atoms with Crippen molar-refractivity contribution in [2.45, 2.75) is 13.8 Å². The SMILES string of the molecule is Cc1cc(C)c(C(=O)Nc2cc(Cl)ccc2Oc2ccc(C(=O)c3ccccc3)cc2)c(=O)[nH]1. The number of aromatic nitrogens is 1. The second kappa shape index (κ2) is 9.77. The monoisotopic (exact) mass is 472 g/mol. The minimum atomic E-state index is -0.574. The molecule has 7 heteroatoms. The maximum atomic E-state index is 12.9. The molecule has 4 aromatic rings. The Morgan fingerprint density at radius 3 is 2.24 bits per heavy atom. The van der Waals surface area contributed by atoms with E-state index in [9.17, 15) is 14.4 Å². The van der Waals surface area contributed by atoms with Crippen LogP contribution < -0.4 is 15.6 Å². The molecule has 6 nitrogen and oxygen atoms in total. The summed E-state index contributed by atoms with van der Waals surface area (Å²) in [7, 11) is 0. The third kappa shape index (κ3) is 5.08. The number of benzene rings is 3. The fourth-order valence-electron chi connectivity index (χ4n) is 3.57. The van der Waals surface area contributed by atoms with Crippen molar-refractivity contribution in [3.63, 3.8) is 0 Å². The molecule has 0 unspecified atom stereocenters. The van der Waals surface area contributed by atoms with Crippen LogP contribution in [0, 0.1) is 13.8 Å². The standard InChI is InChI=1S/C27H21ClN2O4/c1-16-14-17(2)29-26(32)24(16)27(33)30-22-15-20(28)10-13-23(22)34-21-11-8-19(9-12-21)25(31)18-6-4-3-5-7-18/h3-15H,1-2H3,(H,29,32)(H,30,33). The zero-order chi connectivity index (χ0) is 24.2. The number of amides is 1. The average Bonchev–Trinajstić information content (AvgIpc) is 2.81. The predicted molar refractivity (Wildman–Crippen MR) is 132 cm³/mol. The van der Waals surface area contributed by atoms with Crippen molar-refractivity contribution in [1.82, 2.24) is 4.98 Å². The molecule has 0 fully saturated rings. The van der Waals surface area contributed by atoms with Crippen LogP contribution in [-0.4, -0.2) is 16.7 Å². The highest BCUT2D eigenvalue weighted by atomic mass is 35.5. The van der Waals surface area contributed by atoms with Crippen molar-refractivity contribution < 1.29 is 14.3 Å². The van der Waals surface area contributed by atoms with Crippen LogP contribution in [-0.2, 0) is 0 Å². The van der Waals surface area contributed by atoms with Gasteiger partial charge < -0.3 is 15.0 Å². The van der Waals surface area contributed by atoms with E-state index < -0.39 is 11.5 Å². The first kappa shape index (κ1) is 23.0. The number of aryl methyl sites for hydroxylation is 2. The zero-order valence-corrected chi connectivity index (χ0v) is 19.3. The summed E-state index contributed by atoms with van der Waals surface area (Å²) in [5.41, 5.74) is 2.19. The van der Waals surface area contributed by atoms with Gasteiger partial charge in [-0.15, -0.1) is 0 Å². The zero-order valence-electron chi connectivity index (χ0n) is 18.5. The van der Waals surface area contributed by atoms with Gasteiger partial charge in [0.1, 0.15) is 11.3 Å². The summed E-state index contributed by atoms with van der Waals surface area (Å²) in [4.78, 5) is 40.4. The highest BCUT2D eigenvalue weighted by Gasteiger charge is 2.17. The Labute approximate surface area is 201 Å². The van der Waals surface area contributed by atoms with Gasteiger partial charge in [0.05, 0.1) is 5.69 Å². The molecule has 4 rings (SSSR count). The molecule has 0 spiro atoms. The lowest BCUT2D eigenvalue weighted by Gasteiger charge is -2.14. The van der Waals surface area contributed by atoms with Crippen molar-refractivity contribution in [1.29, 1.82) is 0 Å². The summed E-state index contributed by atoms with van der Waals surface area (Å²) >= 11 is 6.13. The molecule has 34 heavy (non-hydrogen) atoms. The molecule has 0 saturated heterocycles. The number of halogens is 1. The number of anilines is 1. The van der Waals surface area contributed by atoms with E-state index in [2.05, 4.69) is 10.3 Å². The summed E-state index contributed by atoms with van der Waals surface area (Å²) in [6.07, 6.45) is 0. The number of nitrogens with one attached hydrogen (secondary N) is 2. The van der Waals surface area contributed by atoms with Crippen LogP contribution >= 0.6 is 11.6 Å². The third-order valence-corrected chi connectivity index (χ3v) is 5.40. The van der Waals surface area contributed by atoms with Crippen LogP contribution in [0.4, 0.5) is 5.69 Å². The highest BCUT2D eigenvalue weighted by molar-refractivity contribution is 6.31. The number of rotatable bonds is 6. The Morgan fingerprint density at radius 1 is 0.882 bits per heavy atom. The van der Waals surface area contributed by atoms with Gasteiger partial charge in [-0.25, -0.2) is 0 Å². The van der Waals surface area contributed by atoms with Gasteiger partial charge in [0.15, 0.2) is 11.5 Å². The number of aromatic amines is 1. The van der Waals surface area contributed by atoms with Gasteiger partial charge in [-0.1, -0.05) is 41.9 Å². The number of hydrogen-bond donors (Lipinski definition) is 2. The quantitative estimate of drug-likeness (QED) is 0.341. The van der Waals surface area contributed by atoms with Crippen LogP contribution in [0.2, 0.25) is 5.02 Å². The first-order valence-corrected chi connectivity index (χ1v) is 10.9. The summed E-state index contributed by atoms with van der Waals surface area (Å²) in [6, 6.07) is 22.2.